The van der Waals surface area contributed by atoms with Crippen LogP contribution in [0.25, 0.3) is 0 Å². The molecule has 1 aromatic heterocycles. The van der Waals surface area contributed by atoms with Crippen LogP contribution in [0, 0.1) is 16.0 Å². The highest BCUT2D eigenvalue weighted by atomic mass is 32.1. The normalized spacial score (nSPS) is 19.6. The lowest BCUT2D eigenvalue weighted by Crippen LogP contribution is -2.28. The van der Waals surface area contributed by atoms with Gasteiger partial charge in [0.25, 0.3) is 5.91 Å². The molecule has 2 rings (SSSR count). The van der Waals surface area contributed by atoms with Crippen molar-refractivity contribution in [1.82, 2.24) is 4.90 Å². The van der Waals surface area contributed by atoms with Crippen LogP contribution >= 0.6 is 11.3 Å². The fraction of sp³-hybridized carbons (Fsp3) is 0.500. The van der Waals surface area contributed by atoms with Crippen molar-refractivity contribution in [1.29, 1.82) is 0 Å². The van der Waals surface area contributed by atoms with Crippen LogP contribution in [0.2, 0.25) is 0 Å². The Hall–Kier alpha value is -1.47. The summed E-state index contributed by atoms with van der Waals surface area (Å²) >= 11 is 0.892. The Kier molecular flexibility index (Phi) is 3.39. The quantitative estimate of drug-likeness (QED) is 0.648. The molecule has 1 fully saturated rings. The molecule has 92 valence electrons. The van der Waals surface area contributed by atoms with Crippen LogP contribution in [0.5, 0.6) is 0 Å². The van der Waals surface area contributed by atoms with E-state index in [9.17, 15) is 14.9 Å². The molecule has 7 heteroatoms. The number of carbonyl (C=O) groups excluding carboxylic acids is 1. The van der Waals surface area contributed by atoms with Crippen LogP contribution < -0.4 is 0 Å². The molecule has 1 aliphatic heterocycles. The number of aliphatic hydroxyl groups is 1. The number of thiophene rings is 1. The Labute approximate surface area is 102 Å². The molecule has 0 radical (unpaired) electrons. The smallest absolute Gasteiger partial charge is 0.324 e. The number of hydrogen-bond donors (Lipinski definition) is 1. The van der Waals surface area contributed by atoms with E-state index < -0.39 is 4.92 Å². The summed E-state index contributed by atoms with van der Waals surface area (Å²) in [6, 6.07) is 2.83. The van der Waals surface area contributed by atoms with Crippen LogP contribution in [-0.2, 0) is 0 Å². The highest BCUT2D eigenvalue weighted by Gasteiger charge is 2.28. The number of likely N-dealkylation sites (tertiary alicyclic amines) is 1. The van der Waals surface area contributed by atoms with Crippen molar-refractivity contribution in [2.24, 2.45) is 5.92 Å². The van der Waals surface area contributed by atoms with Gasteiger partial charge in [0, 0.05) is 31.7 Å². The number of nitro groups is 1. The van der Waals surface area contributed by atoms with Crippen molar-refractivity contribution in [3.8, 4) is 0 Å². The van der Waals surface area contributed by atoms with Crippen LogP contribution in [0.1, 0.15) is 16.1 Å². The Bertz CT molecular complexity index is 445. The first-order chi connectivity index (χ1) is 8.11. The van der Waals surface area contributed by atoms with Gasteiger partial charge in [-0.2, -0.15) is 0 Å². The summed E-state index contributed by atoms with van der Waals surface area (Å²) < 4.78 is 0. The maximum atomic E-state index is 12.0. The van der Waals surface area contributed by atoms with E-state index in [0.717, 1.165) is 17.8 Å². The number of hydrogen-bond acceptors (Lipinski definition) is 5. The van der Waals surface area contributed by atoms with Gasteiger partial charge in [-0.3, -0.25) is 14.9 Å². The van der Waals surface area contributed by atoms with Gasteiger partial charge in [-0.05, 0) is 12.5 Å². The Balaban J connectivity index is 2.07. The molecule has 6 nitrogen and oxygen atoms in total. The fourth-order valence-corrected chi connectivity index (χ4v) is 2.65. The SMILES string of the molecule is O=C(c1ccc([N+](=O)[O-])s1)N1CCC(CO)C1. The average Bonchev–Trinajstić information content (AvgIpc) is 2.97. The number of nitrogens with zero attached hydrogens (tertiary/aromatic N) is 2. The number of rotatable bonds is 3. The monoisotopic (exact) mass is 256 g/mol. The van der Waals surface area contributed by atoms with E-state index in [4.69, 9.17) is 5.11 Å². The number of carbonyl (C=O) groups is 1. The second kappa shape index (κ2) is 4.80. The molecule has 0 spiro atoms. The molecule has 1 aromatic rings. The summed E-state index contributed by atoms with van der Waals surface area (Å²) in [4.78, 5) is 24.0. The molecular weight excluding hydrogens is 244 g/mol. The lowest BCUT2D eigenvalue weighted by molar-refractivity contribution is -0.380. The standard InChI is InChI=1S/C10H12N2O4S/c13-6-7-3-4-11(5-7)10(14)8-1-2-9(17-8)12(15)16/h1-2,7,13H,3-6H2. The Morgan fingerprint density at radius 1 is 1.65 bits per heavy atom. The van der Waals surface area contributed by atoms with Gasteiger partial charge >= 0.3 is 5.00 Å². The van der Waals surface area contributed by atoms with Gasteiger partial charge in [-0.15, -0.1) is 0 Å². The highest BCUT2D eigenvalue weighted by molar-refractivity contribution is 7.17. The summed E-state index contributed by atoms with van der Waals surface area (Å²) in [7, 11) is 0. The second-order valence-corrected chi connectivity index (χ2v) is 5.05. The molecule has 0 bridgehead atoms. The van der Waals surface area contributed by atoms with Crippen molar-refractivity contribution < 1.29 is 14.8 Å². The number of amides is 1. The lowest BCUT2D eigenvalue weighted by atomic mass is 10.1. The van der Waals surface area contributed by atoms with Gasteiger partial charge in [0.05, 0.1) is 9.80 Å². The first-order valence-corrected chi connectivity index (χ1v) is 6.08. The molecule has 0 aromatic carbocycles. The zero-order valence-corrected chi connectivity index (χ0v) is 9.85. The minimum atomic E-state index is -0.498. The fourth-order valence-electron chi connectivity index (χ4n) is 1.86. The zero-order valence-electron chi connectivity index (χ0n) is 9.04. The Morgan fingerprint density at radius 2 is 2.41 bits per heavy atom. The molecule has 1 unspecified atom stereocenters. The first-order valence-electron chi connectivity index (χ1n) is 5.26. The third-order valence-corrected chi connectivity index (χ3v) is 3.84. The van der Waals surface area contributed by atoms with Crippen molar-refractivity contribution in [3.05, 3.63) is 27.1 Å². The van der Waals surface area contributed by atoms with Crippen molar-refractivity contribution in [2.75, 3.05) is 19.7 Å². The molecule has 0 saturated carbocycles. The lowest BCUT2D eigenvalue weighted by Gasteiger charge is -2.14. The predicted molar refractivity (Wildman–Crippen MR) is 62.1 cm³/mol. The minimum Gasteiger partial charge on any atom is -0.396 e. The van der Waals surface area contributed by atoms with Gasteiger partial charge in [-0.25, -0.2) is 0 Å². The van der Waals surface area contributed by atoms with E-state index in [-0.39, 0.29) is 23.4 Å². The molecule has 1 aliphatic rings. The largest absolute Gasteiger partial charge is 0.396 e. The summed E-state index contributed by atoms with van der Waals surface area (Å²) in [6.45, 7) is 1.21. The molecule has 17 heavy (non-hydrogen) atoms. The van der Waals surface area contributed by atoms with Crippen LogP contribution in [0.3, 0.4) is 0 Å². The summed E-state index contributed by atoms with van der Waals surface area (Å²) in [5.41, 5.74) is 0. The van der Waals surface area contributed by atoms with E-state index in [1.54, 1.807) is 4.90 Å². The van der Waals surface area contributed by atoms with E-state index >= 15 is 0 Å². The van der Waals surface area contributed by atoms with Gasteiger partial charge in [0.15, 0.2) is 0 Å². The zero-order chi connectivity index (χ0) is 12.4. The van der Waals surface area contributed by atoms with Crippen molar-refractivity contribution in [2.45, 2.75) is 6.42 Å². The second-order valence-electron chi connectivity index (χ2n) is 3.98. The minimum absolute atomic E-state index is 0.0220. The molecule has 1 amide bonds. The van der Waals surface area contributed by atoms with Crippen LogP contribution in [0.15, 0.2) is 12.1 Å². The Morgan fingerprint density at radius 3 is 2.94 bits per heavy atom. The maximum absolute atomic E-state index is 12.0. The highest BCUT2D eigenvalue weighted by Crippen LogP contribution is 2.27. The van der Waals surface area contributed by atoms with Crippen LogP contribution in [-0.4, -0.2) is 40.5 Å². The summed E-state index contributed by atoms with van der Waals surface area (Å²) in [6.07, 6.45) is 0.787. The topological polar surface area (TPSA) is 83.7 Å². The number of aliphatic hydroxyl groups excluding tert-OH is 1. The van der Waals surface area contributed by atoms with E-state index in [0.29, 0.717) is 18.0 Å². The maximum Gasteiger partial charge on any atom is 0.324 e. The molecule has 1 N–H and O–H groups in total. The molecule has 1 atom stereocenters. The van der Waals surface area contributed by atoms with Gasteiger partial charge in [0.2, 0.25) is 0 Å². The average molecular weight is 256 g/mol. The molecular formula is C10H12N2O4S. The summed E-state index contributed by atoms with van der Waals surface area (Å²) in [5.74, 6) is -0.0482. The third-order valence-electron chi connectivity index (χ3n) is 2.81. The van der Waals surface area contributed by atoms with Crippen molar-refractivity contribution >= 4 is 22.2 Å². The summed E-state index contributed by atoms with van der Waals surface area (Å²) in [5, 5.41) is 19.5. The van der Waals surface area contributed by atoms with Gasteiger partial charge < -0.3 is 10.0 Å². The van der Waals surface area contributed by atoms with Crippen molar-refractivity contribution in [3.63, 3.8) is 0 Å². The van der Waals surface area contributed by atoms with Crippen LogP contribution in [0.4, 0.5) is 5.00 Å². The van der Waals surface area contributed by atoms with Gasteiger partial charge in [0.1, 0.15) is 0 Å². The first kappa shape index (κ1) is 12.0. The van der Waals surface area contributed by atoms with Gasteiger partial charge in [-0.1, -0.05) is 11.3 Å². The third kappa shape index (κ3) is 2.45. The predicted octanol–water partition coefficient (Wildman–Crippen LogP) is 1.11. The molecule has 1 saturated heterocycles. The molecule has 0 aliphatic carbocycles. The molecule has 2 heterocycles. The van der Waals surface area contributed by atoms with E-state index in [1.165, 1.54) is 12.1 Å². The van der Waals surface area contributed by atoms with E-state index in [2.05, 4.69) is 0 Å². The van der Waals surface area contributed by atoms with E-state index in [1.807, 2.05) is 0 Å².